The second-order valence-electron chi connectivity index (χ2n) is 8.93. The van der Waals surface area contributed by atoms with E-state index < -0.39 is 5.97 Å². The molecule has 13 heteroatoms. The van der Waals surface area contributed by atoms with Crippen molar-refractivity contribution in [2.45, 2.75) is 37.0 Å². The molecule has 13 nitrogen and oxygen atoms in total. The maximum atomic E-state index is 11.7. The lowest BCUT2D eigenvalue weighted by Gasteiger charge is -2.37. The second kappa shape index (κ2) is 9.93. The number of piperidine rings is 2. The first kappa shape index (κ1) is 23.9. The standard InChI is InChI=1S/C21H32N10O3/c1-34-18(33)11-2-3-16(17(32)4-11)26-19-27-20(30-7-12(22)5-13(23)8-30)29-21(28-19)31-9-14(24)6-15(25)10-31/h2-4,12-15,32H,5-10,22-25H2,1H3,(H,26,27,28,29)/t12-,13+,14-,15+. The van der Waals surface area contributed by atoms with E-state index in [2.05, 4.69) is 20.3 Å². The molecule has 4 rings (SSSR count). The molecule has 3 heterocycles. The highest BCUT2D eigenvalue weighted by Gasteiger charge is 2.29. The third-order valence-corrected chi connectivity index (χ3v) is 5.87. The summed E-state index contributed by atoms with van der Waals surface area (Å²) in [5.41, 5.74) is 25.2. The Morgan fingerprint density at radius 2 is 1.44 bits per heavy atom. The smallest absolute Gasteiger partial charge is 0.337 e. The monoisotopic (exact) mass is 472 g/mol. The normalized spacial score (nSPS) is 25.2. The van der Waals surface area contributed by atoms with Crippen LogP contribution in [0.15, 0.2) is 18.2 Å². The number of nitrogens with zero attached hydrogens (tertiary/aromatic N) is 5. The number of nitrogens with two attached hydrogens (primary N) is 4. The number of carbonyl (C=O) groups is 1. The van der Waals surface area contributed by atoms with Gasteiger partial charge in [0.15, 0.2) is 0 Å². The van der Waals surface area contributed by atoms with Gasteiger partial charge in [-0.1, -0.05) is 0 Å². The van der Waals surface area contributed by atoms with E-state index in [9.17, 15) is 9.90 Å². The van der Waals surface area contributed by atoms with E-state index in [-0.39, 0.29) is 41.4 Å². The van der Waals surface area contributed by atoms with E-state index in [1.165, 1.54) is 19.2 Å². The van der Waals surface area contributed by atoms with Gasteiger partial charge in [-0.25, -0.2) is 4.79 Å². The van der Waals surface area contributed by atoms with Crippen LogP contribution in [-0.4, -0.2) is 83.5 Å². The maximum Gasteiger partial charge on any atom is 0.337 e. The van der Waals surface area contributed by atoms with Crippen LogP contribution in [0.4, 0.5) is 23.5 Å². The van der Waals surface area contributed by atoms with Crippen LogP contribution in [0.25, 0.3) is 0 Å². The molecule has 1 aromatic carbocycles. The third-order valence-electron chi connectivity index (χ3n) is 5.87. The Morgan fingerprint density at radius 3 is 1.88 bits per heavy atom. The van der Waals surface area contributed by atoms with Gasteiger partial charge in [0, 0.05) is 50.3 Å². The highest BCUT2D eigenvalue weighted by atomic mass is 16.5. The van der Waals surface area contributed by atoms with Crippen LogP contribution in [-0.2, 0) is 4.74 Å². The van der Waals surface area contributed by atoms with Crippen molar-refractivity contribution in [1.82, 2.24) is 15.0 Å². The minimum Gasteiger partial charge on any atom is -0.506 e. The van der Waals surface area contributed by atoms with E-state index >= 15 is 0 Å². The summed E-state index contributed by atoms with van der Waals surface area (Å²) >= 11 is 0. The molecule has 0 unspecified atom stereocenters. The molecular formula is C21H32N10O3. The Bertz CT molecular complexity index is 974. The summed E-state index contributed by atoms with van der Waals surface area (Å²) in [6, 6.07) is 3.97. The van der Waals surface area contributed by atoms with Crippen molar-refractivity contribution in [2.24, 2.45) is 22.9 Å². The Kier molecular flexibility index (Phi) is 6.97. The summed E-state index contributed by atoms with van der Waals surface area (Å²) in [5.74, 6) is 0.326. The molecule has 0 saturated carbocycles. The van der Waals surface area contributed by atoms with Crippen molar-refractivity contribution in [3.63, 3.8) is 0 Å². The van der Waals surface area contributed by atoms with Gasteiger partial charge in [-0.3, -0.25) is 0 Å². The number of hydrogen-bond donors (Lipinski definition) is 6. The number of esters is 1. The van der Waals surface area contributed by atoms with E-state index in [4.69, 9.17) is 27.7 Å². The summed E-state index contributed by atoms with van der Waals surface area (Å²) in [7, 11) is 1.27. The average molecular weight is 473 g/mol. The SMILES string of the molecule is COC(=O)c1ccc(Nc2nc(N3C[C@H](N)C[C@H](N)C3)nc(N3C[C@H](N)C[C@H](N)C3)n2)c(O)c1. The molecule has 10 N–H and O–H groups in total. The van der Waals surface area contributed by atoms with Crippen LogP contribution in [0.1, 0.15) is 23.2 Å². The van der Waals surface area contributed by atoms with Crippen molar-refractivity contribution in [1.29, 1.82) is 0 Å². The molecule has 0 amide bonds. The van der Waals surface area contributed by atoms with E-state index in [1.807, 2.05) is 9.80 Å². The van der Waals surface area contributed by atoms with Gasteiger partial charge in [0.1, 0.15) is 5.75 Å². The molecule has 2 aliphatic rings. The van der Waals surface area contributed by atoms with Gasteiger partial charge < -0.3 is 47.9 Å². The van der Waals surface area contributed by atoms with Gasteiger partial charge in [-0.15, -0.1) is 0 Å². The number of carbonyl (C=O) groups excluding carboxylic acids is 1. The minimum absolute atomic E-state index is 0.105. The summed E-state index contributed by atoms with van der Waals surface area (Å²) in [5, 5.41) is 13.5. The van der Waals surface area contributed by atoms with Crippen LogP contribution < -0.4 is 38.1 Å². The zero-order valence-electron chi connectivity index (χ0n) is 19.1. The highest BCUT2D eigenvalue weighted by molar-refractivity contribution is 5.90. The molecule has 2 saturated heterocycles. The van der Waals surface area contributed by atoms with Crippen molar-refractivity contribution in [2.75, 3.05) is 48.4 Å². The first-order valence-electron chi connectivity index (χ1n) is 11.2. The molecule has 184 valence electrons. The van der Waals surface area contributed by atoms with Gasteiger partial charge in [0.25, 0.3) is 0 Å². The lowest BCUT2D eigenvalue weighted by atomic mass is 10.0. The fourth-order valence-corrected chi connectivity index (χ4v) is 4.38. The molecule has 0 aliphatic carbocycles. The number of benzene rings is 1. The topological polar surface area (TPSA) is 208 Å². The van der Waals surface area contributed by atoms with E-state index in [0.717, 1.165) is 12.8 Å². The average Bonchev–Trinajstić information content (AvgIpc) is 2.78. The largest absolute Gasteiger partial charge is 0.506 e. The quantitative estimate of drug-likeness (QED) is 0.224. The molecule has 1 aromatic heterocycles. The number of phenols is 1. The molecular weight excluding hydrogens is 440 g/mol. The highest BCUT2D eigenvalue weighted by Crippen LogP contribution is 2.29. The van der Waals surface area contributed by atoms with Crippen LogP contribution in [0.3, 0.4) is 0 Å². The van der Waals surface area contributed by atoms with Gasteiger partial charge in [-0.05, 0) is 31.0 Å². The zero-order chi connectivity index (χ0) is 24.4. The Morgan fingerprint density at radius 1 is 0.941 bits per heavy atom. The molecule has 0 radical (unpaired) electrons. The zero-order valence-corrected chi connectivity index (χ0v) is 19.1. The maximum absolute atomic E-state index is 11.7. The number of nitrogens with one attached hydrogen (secondary N) is 1. The molecule has 2 fully saturated rings. The molecule has 0 bridgehead atoms. The fraction of sp³-hybridized carbons (Fsp3) is 0.524. The number of phenolic OH excluding ortho intramolecular Hbond substituents is 1. The molecule has 4 atom stereocenters. The van der Waals surface area contributed by atoms with Crippen molar-refractivity contribution in [3.8, 4) is 5.75 Å². The number of ether oxygens (including phenoxy) is 1. The lowest BCUT2D eigenvalue weighted by molar-refractivity contribution is 0.0600. The summed E-state index contributed by atoms with van der Waals surface area (Å²) < 4.78 is 4.69. The summed E-state index contributed by atoms with van der Waals surface area (Å²) in [4.78, 5) is 29.4. The molecule has 0 spiro atoms. The number of hydrogen-bond acceptors (Lipinski definition) is 13. The van der Waals surface area contributed by atoms with Gasteiger partial charge in [0.2, 0.25) is 17.8 Å². The molecule has 2 aliphatic heterocycles. The number of anilines is 4. The van der Waals surface area contributed by atoms with Crippen LogP contribution in [0.5, 0.6) is 5.75 Å². The molecule has 2 aromatic rings. The molecule has 34 heavy (non-hydrogen) atoms. The summed E-state index contributed by atoms with van der Waals surface area (Å²) in [6.45, 7) is 2.20. The lowest BCUT2D eigenvalue weighted by Crippen LogP contribution is -2.54. The van der Waals surface area contributed by atoms with Gasteiger partial charge in [0.05, 0.1) is 18.4 Å². The summed E-state index contributed by atoms with van der Waals surface area (Å²) in [6.07, 6.45) is 1.44. The first-order chi connectivity index (χ1) is 16.2. The third kappa shape index (κ3) is 5.44. The number of rotatable bonds is 5. The van der Waals surface area contributed by atoms with Crippen molar-refractivity contribution in [3.05, 3.63) is 23.8 Å². The first-order valence-corrected chi connectivity index (χ1v) is 11.2. The Balaban J connectivity index is 1.68. The van der Waals surface area contributed by atoms with E-state index in [1.54, 1.807) is 6.07 Å². The predicted molar refractivity (Wildman–Crippen MR) is 128 cm³/mol. The predicted octanol–water partition coefficient (Wildman–Crippen LogP) is -1.16. The Hall–Kier alpha value is -3.26. The van der Waals surface area contributed by atoms with Crippen LogP contribution in [0, 0.1) is 0 Å². The van der Waals surface area contributed by atoms with Gasteiger partial charge in [-0.2, -0.15) is 15.0 Å². The number of aromatic nitrogens is 3. The van der Waals surface area contributed by atoms with Crippen molar-refractivity contribution < 1.29 is 14.6 Å². The minimum atomic E-state index is -0.554. The Labute approximate surface area is 197 Å². The number of methoxy groups -OCH3 is 1. The van der Waals surface area contributed by atoms with Crippen LogP contribution in [0.2, 0.25) is 0 Å². The fourth-order valence-electron chi connectivity index (χ4n) is 4.38. The van der Waals surface area contributed by atoms with Gasteiger partial charge >= 0.3 is 5.97 Å². The van der Waals surface area contributed by atoms with Crippen molar-refractivity contribution >= 4 is 29.5 Å². The van der Waals surface area contributed by atoms with E-state index in [0.29, 0.717) is 43.8 Å². The van der Waals surface area contributed by atoms with Crippen LogP contribution >= 0.6 is 0 Å². The second-order valence-corrected chi connectivity index (χ2v) is 8.93. The number of aromatic hydroxyl groups is 1.